The zero-order chi connectivity index (χ0) is 18.8. The van der Waals surface area contributed by atoms with Crippen LogP contribution < -0.4 is 0 Å². The molecule has 0 aliphatic carbocycles. The molecular formula is C17H26O8. The third kappa shape index (κ3) is 8.13. The summed E-state index contributed by atoms with van der Waals surface area (Å²) < 4.78 is 26.9. The molecule has 25 heavy (non-hydrogen) atoms. The Morgan fingerprint density at radius 1 is 1.12 bits per heavy atom. The first-order valence-electron chi connectivity index (χ1n) is 8.19. The van der Waals surface area contributed by atoms with Gasteiger partial charge in [0.25, 0.3) is 0 Å². The van der Waals surface area contributed by atoms with Crippen LogP contribution in [-0.4, -0.2) is 55.7 Å². The van der Waals surface area contributed by atoms with E-state index in [0.29, 0.717) is 6.61 Å². The third-order valence-electron chi connectivity index (χ3n) is 3.41. The summed E-state index contributed by atoms with van der Waals surface area (Å²) >= 11 is 0. The van der Waals surface area contributed by atoms with E-state index < -0.39 is 42.5 Å². The van der Waals surface area contributed by atoms with Gasteiger partial charge in [0.1, 0.15) is 18.8 Å². The molecule has 1 saturated heterocycles. The monoisotopic (exact) mass is 358 g/mol. The summed E-state index contributed by atoms with van der Waals surface area (Å²) in [4.78, 5) is 33.9. The van der Waals surface area contributed by atoms with Gasteiger partial charge in [-0.3, -0.25) is 14.4 Å². The average molecular weight is 358 g/mol. The molecule has 1 heterocycles. The molecule has 8 heteroatoms. The van der Waals surface area contributed by atoms with E-state index in [4.69, 9.17) is 23.7 Å². The number of esters is 3. The quantitative estimate of drug-likeness (QED) is 0.265. The smallest absolute Gasteiger partial charge is 0.303 e. The summed E-state index contributed by atoms with van der Waals surface area (Å²) in [6.45, 7) is 7.70. The number of allylic oxidation sites excluding steroid dienone is 1. The van der Waals surface area contributed by atoms with Crippen LogP contribution in [0.3, 0.4) is 0 Å². The van der Waals surface area contributed by atoms with Gasteiger partial charge in [-0.05, 0) is 12.8 Å². The van der Waals surface area contributed by atoms with Crippen LogP contribution in [0.5, 0.6) is 0 Å². The molecule has 0 radical (unpaired) electrons. The van der Waals surface area contributed by atoms with E-state index in [1.165, 1.54) is 20.8 Å². The van der Waals surface area contributed by atoms with Gasteiger partial charge in [0.2, 0.25) is 0 Å². The van der Waals surface area contributed by atoms with E-state index in [0.717, 1.165) is 12.8 Å². The van der Waals surface area contributed by atoms with Crippen molar-refractivity contribution in [1.82, 2.24) is 0 Å². The van der Waals surface area contributed by atoms with Gasteiger partial charge >= 0.3 is 17.9 Å². The summed E-state index contributed by atoms with van der Waals surface area (Å²) in [5.41, 5.74) is 0. The molecule has 1 aliphatic rings. The highest BCUT2D eigenvalue weighted by Crippen LogP contribution is 2.27. The zero-order valence-corrected chi connectivity index (χ0v) is 14.9. The van der Waals surface area contributed by atoms with Crippen molar-refractivity contribution in [2.75, 3.05) is 13.2 Å². The van der Waals surface area contributed by atoms with Crippen molar-refractivity contribution in [3.63, 3.8) is 0 Å². The van der Waals surface area contributed by atoms with Crippen molar-refractivity contribution in [1.29, 1.82) is 0 Å². The van der Waals surface area contributed by atoms with Gasteiger partial charge in [0.15, 0.2) is 12.4 Å². The topological polar surface area (TPSA) is 97.4 Å². The van der Waals surface area contributed by atoms with E-state index in [1.54, 1.807) is 6.08 Å². The second kappa shape index (κ2) is 10.8. The van der Waals surface area contributed by atoms with Gasteiger partial charge in [0, 0.05) is 27.2 Å². The predicted molar refractivity (Wildman–Crippen MR) is 86.4 cm³/mol. The second-order valence-electron chi connectivity index (χ2n) is 5.67. The number of hydrogen-bond acceptors (Lipinski definition) is 8. The molecule has 1 rings (SSSR count). The normalized spacial score (nSPS) is 25.7. The molecule has 0 amide bonds. The van der Waals surface area contributed by atoms with Gasteiger partial charge in [-0.1, -0.05) is 6.08 Å². The van der Waals surface area contributed by atoms with Gasteiger partial charge < -0.3 is 23.7 Å². The third-order valence-corrected chi connectivity index (χ3v) is 3.41. The number of carbonyl (C=O) groups is 3. The number of rotatable bonds is 9. The Bertz CT molecular complexity index is 475. The van der Waals surface area contributed by atoms with Crippen LogP contribution in [0.15, 0.2) is 12.7 Å². The Labute approximate surface area is 147 Å². The Morgan fingerprint density at radius 2 is 1.80 bits per heavy atom. The first-order valence-corrected chi connectivity index (χ1v) is 8.19. The number of carbonyl (C=O) groups excluding carboxylic acids is 3. The summed E-state index contributed by atoms with van der Waals surface area (Å²) in [5.74, 6) is -1.56. The van der Waals surface area contributed by atoms with Crippen LogP contribution in [-0.2, 0) is 38.1 Å². The highest BCUT2D eigenvalue weighted by atomic mass is 16.7. The standard InChI is InChI=1S/C17H26O8/c1-5-6-7-8-21-16-9-14(23-12(3)19)17(24-13(4)20)15(25-16)10-22-11(2)18/h5,14-17H,1,6-10H2,2-4H3/t14-,15-,16+,17-/m1/s1. The van der Waals surface area contributed by atoms with E-state index in [2.05, 4.69) is 6.58 Å². The van der Waals surface area contributed by atoms with Crippen LogP contribution in [0.1, 0.15) is 40.0 Å². The van der Waals surface area contributed by atoms with Crippen molar-refractivity contribution < 1.29 is 38.1 Å². The number of ether oxygens (including phenoxy) is 5. The largest absolute Gasteiger partial charge is 0.463 e. The Balaban J connectivity index is 2.82. The van der Waals surface area contributed by atoms with E-state index in [1.807, 2.05) is 0 Å². The molecule has 0 aromatic carbocycles. The molecule has 0 aromatic rings. The zero-order valence-electron chi connectivity index (χ0n) is 14.9. The van der Waals surface area contributed by atoms with E-state index in [9.17, 15) is 14.4 Å². The van der Waals surface area contributed by atoms with E-state index in [-0.39, 0.29) is 13.0 Å². The highest BCUT2D eigenvalue weighted by Gasteiger charge is 2.44. The van der Waals surface area contributed by atoms with Gasteiger partial charge in [-0.15, -0.1) is 6.58 Å². The second-order valence-corrected chi connectivity index (χ2v) is 5.67. The van der Waals surface area contributed by atoms with Crippen LogP contribution in [0.25, 0.3) is 0 Å². The average Bonchev–Trinajstić information content (AvgIpc) is 2.51. The lowest BCUT2D eigenvalue weighted by molar-refractivity contribution is -0.266. The fourth-order valence-electron chi connectivity index (χ4n) is 2.45. The van der Waals surface area contributed by atoms with Crippen molar-refractivity contribution >= 4 is 17.9 Å². The SMILES string of the molecule is C=CCCCO[C@@H]1C[C@@H](OC(C)=O)[C@@H](OC(C)=O)[C@@H](COC(C)=O)O1. The molecule has 4 atom stereocenters. The lowest BCUT2D eigenvalue weighted by Crippen LogP contribution is -2.54. The summed E-state index contributed by atoms with van der Waals surface area (Å²) in [7, 11) is 0. The van der Waals surface area contributed by atoms with Gasteiger partial charge in [-0.2, -0.15) is 0 Å². The highest BCUT2D eigenvalue weighted by molar-refractivity contribution is 5.67. The molecule has 8 nitrogen and oxygen atoms in total. The van der Waals surface area contributed by atoms with Crippen molar-refractivity contribution in [3.8, 4) is 0 Å². The predicted octanol–water partition coefficient (Wildman–Crippen LogP) is 1.51. The molecule has 1 aliphatic heterocycles. The van der Waals surface area contributed by atoms with Crippen molar-refractivity contribution in [2.45, 2.75) is 64.6 Å². The molecule has 0 saturated carbocycles. The Morgan fingerprint density at radius 3 is 2.36 bits per heavy atom. The first-order chi connectivity index (χ1) is 11.8. The van der Waals surface area contributed by atoms with Gasteiger partial charge in [0.05, 0.1) is 6.61 Å². The number of unbranched alkanes of at least 4 members (excludes halogenated alkanes) is 1. The fraction of sp³-hybridized carbons (Fsp3) is 0.706. The summed E-state index contributed by atoms with van der Waals surface area (Å²) in [6, 6.07) is 0. The summed E-state index contributed by atoms with van der Waals surface area (Å²) in [5, 5.41) is 0. The fourth-order valence-corrected chi connectivity index (χ4v) is 2.45. The van der Waals surface area contributed by atoms with Crippen LogP contribution >= 0.6 is 0 Å². The first kappa shape index (κ1) is 21.1. The lowest BCUT2D eigenvalue weighted by atomic mass is 10.0. The van der Waals surface area contributed by atoms with Crippen molar-refractivity contribution in [3.05, 3.63) is 12.7 Å². The minimum Gasteiger partial charge on any atom is -0.463 e. The molecule has 0 bridgehead atoms. The lowest BCUT2D eigenvalue weighted by Gasteiger charge is -2.39. The maximum Gasteiger partial charge on any atom is 0.303 e. The molecule has 0 N–H and O–H groups in total. The Kier molecular flexibility index (Phi) is 9.15. The molecule has 1 fully saturated rings. The molecule has 0 spiro atoms. The van der Waals surface area contributed by atoms with Crippen LogP contribution in [0.2, 0.25) is 0 Å². The van der Waals surface area contributed by atoms with Crippen LogP contribution in [0.4, 0.5) is 0 Å². The summed E-state index contributed by atoms with van der Waals surface area (Å²) in [6.07, 6.45) is 0.469. The number of hydrogen-bond donors (Lipinski definition) is 0. The molecular weight excluding hydrogens is 332 g/mol. The van der Waals surface area contributed by atoms with Gasteiger partial charge in [-0.25, -0.2) is 0 Å². The van der Waals surface area contributed by atoms with Crippen LogP contribution in [0, 0.1) is 0 Å². The van der Waals surface area contributed by atoms with Crippen molar-refractivity contribution in [2.24, 2.45) is 0 Å². The minimum atomic E-state index is -0.881. The maximum absolute atomic E-state index is 11.4. The maximum atomic E-state index is 11.4. The Hall–Kier alpha value is -1.93. The minimum absolute atomic E-state index is 0.141. The van der Waals surface area contributed by atoms with E-state index >= 15 is 0 Å². The molecule has 0 aromatic heterocycles. The molecule has 142 valence electrons. The molecule has 0 unspecified atom stereocenters.